The predicted octanol–water partition coefficient (Wildman–Crippen LogP) is 3.01. The molecular weight excluding hydrogens is 265 g/mol. The molecule has 1 aromatic carbocycles. The summed E-state index contributed by atoms with van der Waals surface area (Å²) < 4.78 is 6.12. The van der Waals surface area contributed by atoms with Crippen LogP contribution >= 0.6 is 27.5 Å². The lowest BCUT2D eigenvalue weighted by atomic mass is 10.1. The van der Waals surface area contributed by atoms with Crippen LogP contribution in [0.25, 0.3) is 0 Å². The second-order valence-electron chi connectivity index (χ2n) is 2.96. The highest BCUT2D eigenvalue weighted by molar-refractivity contribution is 9.10. The summed E-state index contributed by atoms with van der Waals surface area (Å²) in [7, 11) is 3.60. The van der Waals surface area contributed by atoms with Crippen LogP contribution in [0.4, 0.5) is 0 Å². The minimum absolute atomic E-state index is 0.187. The van der Waals surface area contributed by atoms with Crippen LogP contribution < -0.4 is 5.32 Å². The van der Waals surface area contributed by atoms with E-state index >= 15 is 0 Å². The largest absolute Gasteiger partial charge is 0.383 e. The van der Waals surface area contributed by atoms with E-state index in [0.29, 0.717) is 6.61 Å². The Hall–Kier alpha value is -0.0900. The Morgan fingerprint density at radius 1 is 1.57 bits per heavy atom. The highest BCUT2D eigenvalue weighted by Gasteiger charge is 2.11. The van der Waals surface area contributed by atoms with Gasteiger partial charge < -0.3 is 10.1 Å². The van der Waals surface area contributed by atoms with Crippen LogP contribution in [0.2, 0.25) is 5.02 Å². The molecule has 0 aromatic heterocycles. The lowest BCUT2D eigenvalue weighted by Crippen LogP contribution is -2.21. The molecule has 0 saturated heterocycles. The van der Waals surface area contributed by atoms with Crippen LogP contribution in [0, 0.1) is 0 Å². The van der Waals surface area contributed by atoms with E-state index in [1.165, 1.54) is 0 Å². The lowest BCUT2D eigenvalue weighted by molar-refractivity contribution is 0.170. The summed E-state index contributed by atoms with van der Waals surface area (Å²) >= 11 is 9.34. The van der Waals surface area contributed by atoms with Crippen LogP contribution in [0.3, 0.4) is 0 Å². The van der Waals surface area contributed by atoms with Crippen LogP contribution in [0.15, 0.2) is 22.7 Å². The van der Waals surface area contributed by atoms with Crippen molar-refractivity contribution in [3.8, 4) is 0 Å². The van der Waals surface area contributed by atoms with Crippen molar-refractivity contribution in [3.05, 3.63) is 33.3 Å². The van der Waals surface area contributed by atoms with E-state index in [1.54, 1.807) is 7.11 Å². The lowest BCUT2D eigenvalue weighted by Gasteiger charge is -2.17. The second kappa shape index (κ2) is 5.71. The second-order valence-corrected chi connectivity index (χ2v) is 4.25. The minimum Gasteiger partial charge on any atom is -0.383 e. The molecule has 0 bridgehead atoms. The van der Waals surface area contributed by atoms with Gasteiger partial charge in [0.05, 0.1) is 12.6 Å². The van der Waals surface area contributed by atoms with E-state index in [0.717, 1.165) is 15.1 Å². The van der Waals surface area contributed by atoms with Crippen molar-refractivity contribution in [1.82, 2.24) is 5.32 Å². The van der Waals surface area contributed by atoms with E-state index in [2.05, 4.69) is 21.2 Å². The van der Waals surface area contributed by atoms with Crippen molar-refractivity contribution in [2.45, 2.75) is 6.04 Å². The number of hydrogen-bond acceptors (Lipinski definition) is 2. The maximum absolute atomic E-state index is 5.86. The number of likely N-dealkylation sites (N-methyl/N-ethyl adjacent to an activating group) is 1. The SMILES string of the molecule is CNC(COC)c1ccc(Cl)cc1Br. The van der Waals surface area contributed by atoms with Gasteiger partial charge in [0.1, 0.15) is 0 Å². The van der Waals surface area contributed by atoms with Gasteiger partial charge in [-0.2, -0.15) is 0 Å². The molecule has 1 atom stereocenters. The fraction of sp³-hybridized carbons (Fsp3) is 0.400. The molecule has 0 heterocycles. The molecule has 78 valence electrons. The molecule has 1 rings (SSSR count). The first kappa shape index (κ1) is 12.0. The molecule has 1 unspecified atom stereocenters. The average molecular weight is 279 g/mol. The zero-order valence-corrected chi connectivity index (χ0v) is 10.5. The van der Waals surface area contributed by atoms with Gasteiger partial charge in [-0.1, -0.05) is 33.6 Å². The fourth-order valence-electron chi connectivity index (χ4n) is 1.28. The Morgan fingerprint density at radius 2 is 2.29 bits per heavy atom. The van der Waals surface area contributed by atoms with Gasteiger partial charge in [0.2, 0.25) is 0 Å². The summed E-state index contributed by atoms with van der Waals surface area (Å²) in [6, 6.07) is 5.94. The molecule has 2 nitrogen and oxygen atoms in total. The third-order valence-corrected chi connectivity index (χ3v) is 2.94. The molecule has 1 N–H and O–H groups in total. The molecule has 0 spiro atoms. The number of rotatable bonds is 4. The zero-order chi connectivity index (χ0) is 10.6. The predicted molar refractivity (Wildman–Crippen MR) is 62.8 cm³/mol. The normalized spacial score (nSPS) is 12.9. The van der Waals surface area contributed by atoms with Crippen LogP contribution in [0.5, 0.6) is 0 Å². The zero-order valence-electron chi connectivity index (χ0n) is 8.18. The first-order valence-corrected chi connectivity index (χ1v) is 5.47. The molecule has 0 aliphatic rings. The Morgan fingerprint density at radius 3 is 2.79 bits per heavy atom. The van der Waals surface area contributed by atoms with E-state index < -0.39 is 0 Å². The van der Waals surface area contributed by atoms with E-state index in [-0.39, 0.29) is 6.04 Å². The van der Waals surface area contributed by atoms with Crippen molar-refractivity contribution >= 4 is 27.5 Å². The summed E-state index contributed by atoms with van der Waals surface area (Å²) in [4.78, 5) is 0. The average Bonchev–Trinajstić information content (AvgIpc) is 2.15. The van der Waals surface area contributed by atoms with Gasteiger partial charge in [-0.3, -0.25) is 0 Å². The third kappa shape index (κ3) is 2.95. The highest BCUT2D eigenvalue weighted by Crippen LogP contribution is 2.26. The number of benzene rings is 1. The summed E-state index contributed by atoms with van der Waals surface area (Å²) in [5.41, 5.74) is 1.15. The molecule has 0 saturated carbocycles. The monoisotopic (exact) mass is 277 g/mol. The molecule has 0 fully saturated rings. The highest BCUT2D eigenvalue weighted by atomic mass is 79.9. The Kier molecular flexibility index (Phi) is 4.89. The first-order chi connectivity index (χ1) is 6.69. The van der Waals surface area contributed by atoms with Gasteiger partial charge in [0.15, 0.2) is 0 Å². The Labute approximate surface area is 97.7 Å². The van der Waals surface area contributed by atoms with E-state index in [4.69, 9.17) is 16.3 Å². The maximum atomic E-state index is 5.86. The molecule has 1 aromatic rings. The molecule has 0 aliphatic carbocycles. The molecule has 4 heteroatoms. The smallest absolute Gasteiger partial charge is 0.0658 e. The summed E-state index contributed by atoms with van der Waals surface area (Å²) in [5.74, 6) is 0. The van der Waals surface area contributed by atoms with Crippen LogP contribution in [-0.4, -0.2) is 20.8 Å². The molecular formula is C10H13BrClNO. The van der Waals surface area contributed by atoms with E-state index in [1.807, 2.05) is 25.2 Å². The minimum atomic E-state index is 0.187. The van der Waals surface area contributed by atoms with Crippen molar-refractivity contribution in [2.75, 3.05) is 20.8 Å². The number of ether oxygens (including phenoxy) is 1. The number of halogens is 2. The molecule has 0 amide bonds. The Balaban J connectivity index is 2.92. The van der Waals surface area contributed by atoms with Gasteiger partial charge in [0, 0.05) is 16.6 Å². The van der Waals surface area contributed by atoms with Crippen molar-refractivity contribution in [1.29, 1.82) is 0 Å². The standard InChI is InChI=1S/C10H13BrClNO/c1-13-10(6-14-2)8-4-3-7(12)5-9(8)11/h3-5,10,13H,6H2,1-2H3. The first-order valence-electron chi connectivity index (χ1n) is 4.30. The van der Waals surface area contributed by atoms with E-state index in [9.17, 15) is 0 Å². The van der Waals surface area contributed by atoms with Crippen molar-refractivity contribution < 1.29 is 4.74 Å². The molecule has 0 radical (unpaired) electrons. The topological polar surface area (TPSA) is 21.3 Å². The van der Waals surface area contributed by atoms with Crippen LogP contribution in [-0.2, 0) is 4.74 Å². The van der Waals surface area contributed by atoms with Crippen molar-refractivity contribution in [3.63, 3.8) is 0 Å². The van der Waals surface area contributed by atoms with Crippen molar-refractivity contribution in [2.24, 2.45) is 0 Å². The van der Waals surface area contributed by atoms with Gasteiger partial charge in [-0.05, 0) is 24.7 Å². The van der Waals surface area contributed by atoms with Crippen LogP contribution in [0.1, 0.15) is 11.6 Å². The maximum Gasteiger partial charge on any atom is 0.0658 e. The fourth-order valence-corrected chi connectivity index (χ4v) is 2.24. The third-order valence-electron chi connectivity index (χ3n) is 2.02. The molecule has 14 heavy (non-hydrogen) atoms. The van der Waals surface area contributed by atoms with Gasteiger partial charge >= 0.3 is 0 Å². The Bertz CT molecular complexity index is 306. The van der Waals surface area contributed by atoms with Gasteiger partial charge in [-0.25, -0.2) is 0 Å². The number of hydrogen-bond donors (Lipinski definition) is 1. The summed E-state index contributed by atoms with van der Waals surface area (Å²) in [6.07, 6.45) is 0. The summed E-state index contributed by atoms with van der Waals surface area (Å²) in [5, 5.41) is 3.91. The van der Waals surface area contributed by atoms with Gasteiger partial charge in [-0.15, -0.1) is 0 Å². The quantitative estimate of drug-likeness (QED) is 0.914. The molecule has 0 aliphatic heterocycles. The number of nitrogens with one attached hydrogen (secondary N) is 1. The summed E-state index contributed by atoms with van der Waals surface area (Å²) in [6.45, 7) is 0.636. The van der Waals surface area contributed by atoms with Gasteiger partial charge in [0.25, 0.3) is 0 Å². The number of methoxy groups -OCH3 is 1.